The van der Waals surface area contributed by atoms with E-state index in [1.165, 1.54) is 4.90 Å². The van der Waals surface area contributed by atoms with Crippen molar-refractivity contribution in [2.24, 2.45) is 0 Å². The Kier molecular flexibility index (Phi) is 5.12. The van der Waals surface area contributed by atoms with Gasteiger partial charge in [-0.05, 0) is 66.8 Å². The Balaban J connectivity index is 1.97. The minimum absolute atomic E-state index is 0.00349. The van der Waals surface area contributed by atoms with E-state index in [9.17, 15) is 9.59 Å². The zero-order chi connectivity index (χ0) is 17.3. The molecule has 1 atom stereocenters. The third-order valence-electron chi connectivity index (χ3n) is 4.77. The first-order valence-corrected chi connectivity index (χ1v) is 9.27. The predicted octanol–water partition coefficient (Wildman–Crippen LogP) is 3.75. The highest BCUT2D eigenvalue weighted by atomic mass is 127. The smallest absolute Gasteiger partial charge is 0.338 e. The standard InChI is InChI=1S/C18H21IN2O3/c1-11-15(17(22)24-12-7-3-4-8-12)16(20-18(23)21(11)2)13-9-5-6-10-14(13)19/h5-6,9-10,12,16H,3-4,7-8H2,1-2H3,(H,20,23). The van der Waals surface area contributed by atoms with Crippen LogP contribution in [-0.2, 0) is 9.53 Å². The maximum atomic E-state index is 12.9. The second-order valence-corrected chi connectivity index (χ2v) is 7.44. The van der Waals surface area contributed by atoms with Crippen LogP contribution in [0, 0.1) is 3.57 Å². The number of ether oxygens (including phenoxy) is 1. The van der Waals surface area contributed by atoms with E-state index < -0.39 is 6.04 Å². The summed E-state index contributed by atoms with van der Waals surface area (Å²) in [5.41, 5.74) is 2.08. The van der Waals surface area contributed by atoms with Crippen LogP contribution in [0.2, 0.25) is 0 Å². The van der Waals surface area contributed by atoms with Gasteiger partial charge in [-0.1, -0.05) is 18.2 Å². The number of amides is 2. The maximum Gasteiger partial charge on any atom is 0.338 e. The molecule has 1 saturated carbocycles. The van der Waals surface area contributed by atoms with Gasteiger partial charge in [0.05, 0.1) is 11.6 Å². The van der Waals surface area contributed by atoms with E-state index in [4.69, 9.17) is 4.74 Å². The molecule has 1 aromatic carbocycles. The van der Waals surface area contributed by atoms with Gasteiger partial charge in [0.2, 0.25) is 0 Å². The van der Waals surface area contributed by atoms with Gasteiger partial charge in [-0.15, -0.1) is 0 Å². The first-order chi connectivity index (χ1) is 11.5. The molecule has 24 heavy (non-hydrogen) atoms. The molecule has 3 rings (SSSR count). The molecule has 1 aliphatic carbocycles. The number of rotatable bonds is 3. The van der Waals surface area contributed by atoms with Crippen LogP contribution < -0.4 is 5.32 Å². The van der Waals surface area contributed by atoms with Gasteiger partial charge < -0.3 is 15.0 Å². The highest BCUT2D eigenvalue weighted by molar-refractivity contribution is 14.1. The zero-order valence-electron chi connectivity index (χ0n) is 13.8. The van der Waals surface area contributed by atoms with Crippen molar-refractivity contribution >= 4 is 34.6 Å². The molecule has 1 heterocycles. The lowest BCUT2D eigenvalue weighted by Crippen LogP contribution is -2.46. The lowest BCUT2D eigenvalue weighted by atomic mass is 9.95. The molecule has 0 radical (unpaired) electrons. The van der Waals surface area contributed by atoms with Crippen molar-refractivity contribution < 1.29 is 14.3 Å². The normalized spacial score (nSPS) is 21.9. The molecule has 2 amide bonds. The van der Waals surface area contributed by atoms with Gasteiger partial charge in [0.1, 0.15) is 6.10 Å². The summed E-state index contributed by atoms with van der Waals surface area (Å²) in [4.78, 5) is 26.6. The van der Waals surface area contributed by atoms with Crippen molar-refractivity contribution in [1.29, 1.82) is 0 Å². The van der Waals surface area contributed by atoms with Crippen LogP contribution in [0.15, 0.2) is 35.5 Å². The number of nitrogens with one attached hydrogen (secondary N) is 1. The van der Waals surface area contributed by atoms with Crippen molar-refractivity contribution in [3.8, 4) is 0 Å². The molecule has 1 aliphatic heterocycles. The molecule has 1 fully saturated rings. The molecule has 2 aliphatic rings. The van der Waals surface area contributed by atoms with Gasteiger partial charge in [-0.25, -0.2) is 9.59 Å². The molecule has 0 aromatic heterocycles. The van der Waals surface area contributed by atoms with E-state index in [1.807, 2.05) is 24.3 Å². The molecule has 0 saturated heterocycles. The Morgan fingerprint density at radius 1 is 1.29 bits per heavy atom. The zero-order valence-corrected chi connectivity index (χ0v) is 16.0. The SMILES string of the molecule is CC1=C(C(=O)OC2CCCC2)C(c2ccccc2I)NC(=O)N1C. The molecule has 128 valence electrons. The fourth-order valence-electron chi connectivity index (χ4n) is 3.26. The van der Waals surface area contributed by atoms with Crippen LogP contribution in [0.4, 0.5) is 4.79 Å². The largest absolute Gasteiger partial charge is 0.459 e. The molecular weight excluding hydrogens is 419 g/mol. The fourth-order valence-corrected chi connectivity index (χ4v) is 3.96. The molecule has 1 unspecified atom stereocenters. The number of esters is 1. The summed E-state index contributed by atoms with van der Waals surface area (Å²) >= 11 is 2.23. The van der Waals surface area contributed by atoms with Crippen LogP contribution in [0.3, 0.4) is 0 Å². The minimum Gasteiger partial charge on any atom is -0.459 e. The summed E-state index contributed by atoms with van der Waals surface area (Å²) in [5.74, 6) is -0.323. The highest BCUT2D eigenvalue weighted by Gasteiger charge is 2.36. The predicted molar refractivity (Wildman–Crippen MR) is 99.2 cm³/mol. The Labute approximate surface area is 155 Å². The van der Waals surface area contributed by atoms with Crippen LogP contribution in [-0.4, -0.2) is 30.1 Å². The van der Waals surface area contributed by atoms with E-state index in [0.29, 0.717) is 11.3 Å². The molecule has 6 heteroatoms. The highest BCUT2D eigenvalue weighted by Crippen LogP contribution is 2.34. The van der Waals surface area contributed by atoms with Crippen molar-refractivity contribution in [1.82, 2.24) is 10.2 Å². The van der Waals surface area contributed by atoms with Gasteiger partial charge >= 0.3 is 12.0 Å². The first kappa shape index (κ1) is 17.3. The number of nitrogens with zero attached hydrogens (tertiary/aromatic N) is 1. The minimum atomic E-state index is -0.476. The number of hydrogen-bond acceptors (Lipinski definition) is 3. The fraction of sp³-hybridized carbons (Fsp3) is 0.444. The molecule has 0 bridgehead atoms. The quantitative estimate of drug-likeness (QED) is 0.576. The average molecular weight is 440 g/mol. The van der Waals surface area contributed by atoms with Crippen molar-refractivity contribution in [3.63, 3.8) is 0 Å². The molecular formula is C18H21IN2O3. The Morgan fingerprint density at radius 2 is 1.96 bits per heavy atom. The second-order valence-electron chi connectivity index (χ2n) is 6.27. The summed E-state index contributed by atoms with van der Waals surface area (Å²) in [6.07, 6.45) is 4.05. The van der Waals surface area contributed by atoms with E-state index in [0.717, 1.165) is 34.8 Å². The maximum absolute atomic E-state index is 12.9. The van der Waals surface area contributed by atoms with Gasteiger partial charge in [0, 0.05) is 16.3 Å². The van der Waals surface area contributed by atoms with Crippen LogP contribution in [0.5, 0.6) is 0 Å². The van der Waals surface area contributed by atoms with Crippen LogP contribution in [0.1, 0.15) is 44.2 Å². The van der Waals surface area contributed by atoms with Gasteiger partial charge in [0.15, 0.2) is 0 Å². The average Bonchev–Trinajstić information content (AvgIpc) is 3.05. The van der Waals surface area contributed by atoms with E-state index in [2.05, 4.69) is 27.9 Å². The van der Waals surface area contributed by atoms with E-state index in [1.54, 1.807) is 14.0 Å². The third kappa shape index (κ3) is 3.29. The van der Waals surface area contributed by atoms with Crippen LogP contribution >= 0.6 is 22.6 Å². The summed E-state index contributed by atoms with van der Waals surface area (Å²) in [6, 6.07) is 7.07. The van der Waals surface area contributed by atoms with Gasteiger partial charge in [-0.2, -0.15) is 0 Å². The number of urea groups is 1. The lowest BCUT2D eigenvalue weighted by molar-refractivity contribution is -0.144. The summed E-state index contributed by atoms with van der Waals surface area (Å²) in [5, 5.41) is 2.93. The summed E-state index contributed by atoms with van der Waals surface area (Å²) in [7, 11) is 1.67. The number of carbonyl (C=O) groups excluding carboxylic acids is 2. The Bertz CT molecular complexity index is 695. The van der Waals surface area contributed by atoms with Crippen molar-refractivity contribution in [3.05, 3.63) is 44.7 Å². The molecule has 1 aromatic rings. The molecule has 5 nitrogen and oxygen atoms in total. The Hall–Kier alpha value is -1.57. The number of carbonyl (C=O) groups is 2. The monoisotopic (exact) mass is 440 g/mol. The molecule has 1 N–H and O–H groups in total. The van der Waals surface area contributed by atoms with Crippen molar-refractivity contribution in [2.75, 3.05) is 7.05 Å². The van der Waals surface area contributed by atoms with Gasteiger partial charge in [0.25, 0.3) is 0 Å². The number of allylic oxidation sites excluding steroid dienone is 1. The summed E-state index contributed by atoms with van der Waals surface area (Å²) in [6.45, 7) is 1.80. The summed E-state index contributed by atoms with van der Waals surface area (Å²) < 4.78 is 6.72. The van der Waals surface area contributed by atoms with Crippen LogP contribution in [0.25, 0.3) is 0 Å². The van der Waals surface area contributed by atoms with Crippen molar-refractivity contribution in [2.45, 2.75) is 44.8 Å². The Morgan fingerprint density at radius 3 is 2.62 bits per heavy atom. The third-order valence-corrected chi connectivity index (χ3v) is 5.75. The topological polar surface area (TPSA) is 58.6 Å². The van der Waals surface area contributed by atoms with E-state index >= 15 is 0 Å². The lowest BCUT2D eigenvalue weighted by Gasteiger charge is -2.34. The number of benzene rings is 1. The second kappa shape index (κ2) is 7.13. The number of halogens is 1. The molecule has 0 spiro atoms. The van der Waals surface area contributed by atoms with E-state index in [-0.39, 0.29) is 18.1 Å². The first-order valence-electron chi connectivity index (χ1n) is 8.19. The number of hydrogen-bond donors (Lipinski definition) is 1. The van der Waals surface area contributed by atoms with Gasteiger partial charge in [-0.3, -0.25) is 0 Å².